The largest absolute Gasteiger partial charge is 0.399 e. The fourth-order valence-corrected chi connectivity index (χ4v) is 2.45. The van der Waals surface area contributed by atoms with Crippen molar-refractivity contribution in [2.45, 2.75) is 19.9 Å². The third-order valence-electron chi connectivity index (χ3n) is 3.15. The fourth-order valence-electron chi connectivity index (χ4n) is 2.02. The van der Waals surface area contributed by atoms with E-state index in [9.17, 15) is 0 Å². The van der Waals surface area contributed by atoms with Gasteiger partial charge < -0.3 is 10.5 Å². The topological polar surface area (TPSA) is 78.8 Å². The number of rotatable bonds is 5. The van der Waals surface area contributed by atoms with Crippen molar-refractivity contribution in [2.75, 3.05) is 19.5 Å². The summed E-state index contributed by atoms with van der Waals surface area (Å²) in [4.78, 5) is 0. The van der Waals surface area contributed by atoms with Crippen LogP contribution in [0.25, 0.3) is 11.4 Å². The van der Waals surface area contributed by atoms with Gasteiger partial charge in [-0.15, -0.1) is 5.10 Å². The van der Waals surface area contributed by atoms with E-state index in [1.807, 2.05) is 18.2 Å². The minimum Gasteiger partial charge on any atom is -0.399 e. The molecule has 1 heterocycles. The van der Waals surface area contributed by atoms with E-state index in [0.29, 0.717) is 24.0 Å². The van der Waals surface area contributed by atoms with Gasteiger partial charge in [0.1, 0.15) is 0 Å². The average Bonchev–Trinajstić information content (AvgIpc) is 2.87. The Labute approximate surface area is 126 Å². The van der Waals surface area contributed by atoms with Crippen molar-refractivity contribution in [2.24, 2.45) is 5.92 Å². The van der Waals surface area contributed by atoms with E-state index < -0.39 is 0 Å². The molecule has 0 saturated carbocycles. The van der Waals surface area contributed by atoms with Gasteiger partial charge in [-0.1, -0.05) is 29.8 Å². The molecule has 6 nitrogen and oxygen atoms in total. The Kier molecular flexibility index (Phi) is 4.72. The molecule has 108 valence electrons. The summed E-state index contributed by atoms with van der Waals surface area (Å²) >= 11 is 3.52. The summed E-state index contributed by atoms with van der Waals surface area (Å²) in [6.45, 7) is 4.78. The summed E-state index contributed by atoms with van der Waals surface area (Å²) < 4.78 is 7.99. The lowest BCUT2D eigenvalue weighted by atomic mass is 10.0. The molecule has 0 bridgehead atoms. The molecule has 0 radical (unpaired) electrons. The Morgan fingerprint density at radius 3 is 2.80 bits per heavy atom. The molecular formula is C13H18BrN5O. The molecule has 2 aromatic rings. The van der Waals surface area contributed by atoms with Gasteiger partial charge in [0, 0.05) is 22.8 Å². The van der Waals surface area contributed by atoms with Gasteiger partial charge in [-0.05, 0) is 34.5 Å². The van der Waals surface area contributed by atoms with Crippen molar-refractivity contribution in [1.82, 2.24) is 20.2 Å². The molecule has 1 atom stereocenters. The van der Waals surface area contributed by atoms with Crippen molar-refractivity contribution in [3.05, 3.63) is 22.7 Å². The average molecular weight is 340 g/mol. The molecule has 0 aliphatic heterocycles. The van der Waals surface area contributed by atoms with E-state index in [1.165, 1.54) is 0 Å². The quantitative estimate of drug-likeness (QED) is 0.846. The minimum absolute atomic E-state index is 0.0679. The molecule has 2 rings (SSSR count). The summed E-state index contributed by atoms with van der Waals surface area (Å²) in [7, 11) is 1.68. The first-order valence-electron chi connectivity index (χ1n) is 6.36. The molecule has 0 aliphatic rings. The summed E-state index contributed by atoms with van der Waals surface area (Å²) in [6, 6.07) is 5.65. The number of tetrazole rings is 1. The maximum Gasteiger partial charge on any atom is 0.183 e. The molecular weight excluding hydrogens is 322 g/mol. The highest BCUT2D eigenvalue weighted by molar-refractivity contribution is 9.10. The Morgan fingerprint density at radius 2 is 2.15 bits per heavy atom. The molecule has 1 aromatic heterocycles. The third kappa shape index (κ3) is 2.99. The second-order valence-electron chi connectivity index (χ2n) is 4.95. The number of halogens is 1. The number of aromatic nitrogens is 4. The summed E-state index contributed by atoms with van der Waals surface area (Å²) in [5.74, 6) is 1.02. The van der Waals surface area contributed by atoms with E-state index in [-0.39, 0.29) is 6.04 Å². The second kappa shape index (κ2) is 6.32. The first-order chi connectivity index (χ1) is 9.54. The molecule has 1 unspecified atom stereocenters. The highest BCUT2D eigenvalue weighted by Gasteiger charge is 2.22. The van der Waals surface area contributed by atoms with Crippen LogP contribution in [-0.4, -0.2) is 33.9 Å². The molecule has 7 heteroatoms. The predicted octanol–water partition coefficient (Wildman–Crippen LogP) is 2.53. The van der Waals surface area contributed by atoms with E-state index in [0.717, 1.165) is 10.0 Å². The molecule has 20 heavy (non-hydrogen) atoms. The Bertz CT molecular complexity index is 584. The third-order valence-corrected chi connectivity index (χ3v) is 3.84. The van der Waals surface area contributed by atoms with Crippen molar-refractivity contribution >= 4 is 21.6 Å². The van der Waals surface area contributed by atoms with Crippen LogP contribution in [0.15, 0.2) is 22.7 Å². The standard InChI is InChI=1S/C13H18BrN5O/c1-8(2)12(7-20-3)19-13(16-17-18-19)10-6-9(15)4-5-11(10)14/h4-6,8,12H,7,15H2,1-3H3. The molecule has 1 aromatic carbocycles. The number of benzene rings is 1. The number of ether oxygens (including phenoxy) is 1. The molecule has 0 amide bonds. The predicted molar refractivity (Wildman–Crippen MR) is 81.1 cm³/mol. The summed E-state index contributed by atoms with van der Waals surface area (Å²) in [5.41, 5.74) is 7.40. The molecule has 0 aliphatic carbocycles. The zero-order chi connectivity index (χ0) is 14.7. The van der Waals surface area contributed by atoms with E-state index in [2.05, 4.69) is 45.3 Å². The lowest BCUT2D eigenvalue weighted by Crippen LogP contribution is -2.22. The van der Waals surface area contributed by atoms with E-state index in [1.54, 1.807) is 11.8 Å². The van der Waals surface area contributed by atoms with E-state index in [4.69, 9.17) is 10.5 Å². The Balaban J connectivity index is 2.49. The van der Waals surface area contributed by atoms with Crippen LogP contribution in [0.2, 0.25) is 0 Å². The Hall–Kier alpha value is -1.47. The molecule has 0 fully saturated rings. The van der Waals surface area contributed by atoms with Gasteiger partial charge in [0.15, 0.2) is 5.82 Å². The van der Waals surface area contributed by atoms with Crippen LogP contribution in [0.5, 0.6) is 0 Å². The number of anilines is 1. The van der Waals surface area contributed by atoms with Crippen LogP contribution in [0, 0.1) is 5.92 Å². The summed E-state index contributed by atoms with van der Waals surface area (Å²) in [6.07, 6.45) is 0. The molecule has 0 spiro atoms. The highest BCUT2D eigenvalue weighted by Crippen LogP contribution is 2.31. The van der Waals surface area contributed by atoms with Crippen LogP contribution in [0.4, 0.5) is 5.69 Å². The van der Waals surface area contributed by atoms with Gasteiger partial charge in [-0.25, -0.2) is 4.68 Å². The number of hydrogen-bond acceptors (Lipinski definition) is 5. The van der Waals surface area contributed by atoms with Crippen LogP contribution in [0.3, 0.4) is 0 Å². The van der Waals surface area contributed by atoms with Gasteiger partial charge in [0.2, 0.25) is 0 Å². The van der Waals surface area contributed by atoms with Gasteiger partial charge >= 0.3 is 0 Å². The first kappa shape index (κ1) is 14.9. The van der Waals surface area contributed by atoms with Crippen molar-refractivity contribution in [1.29, 1.82) is 0 Å². The van der Waals surface area contributed by atoms with Crippen molar-refractivity contribution in [3.63, 3.8) is 0 Å². The second-order valence-corrected chi connectivity index (χ2v) is 5.81. The van der Waals surface area contributed by atoms with Crippen molar-refractivity contribution < 1.29 is 4.74 Å². The minimum atomic E-state index is 0.0679. The summed E-state index contributed by atoms with van der Waals surface area (Å²) in [5, 5.41) is 12.1. The van der Waals surface area contributed by atoms with Crippen LogP contribution >= 0.6 is 15.9 Å². The van der Waals surface area contributed by atoms with Gasteiger partial charge in [0.05, 0.1) is 12.6 Å². The fraction of sp³-hybridized carbons (Fsp3) is 0.462. The Morgan fingerprint density at radius 1 is 1.40 bits per heavy atom. The lowest BCUT2D eigenvalue weighted by molar-refractivity contribution is 0.126. The zero-order valence-electron chi connectivity index (χ0n) is 11.7. The van der Waals surface area contributed by atoms with Gasteiger partial charge in [-0.2, -0.15) is 0 Å². The smallest absolute Gasteiger partial charge is 0.183 e. The van der Waals surface area contributed by atoms with Gasteiger partial charge in [0.25, 0.3) is 0 Å². The monoisotopic (exact) mass is 339 g/mol. The maximum atomic E-state index is 5.85. The zero-order valence-corrected chi connectivity index (χ0v) is 13.3. The first-order valence-corrected chi connectivity index (χ1v) is 7.16. The number of methoxy groups -OCH3 is 1. The normalized spacial score (nSPS) is 12.8. The van der Waals surface area contributed by atoms with Gasteiger partial charge in [-0.3, -0.25) is 0 Å². The number of nitrogens with zero attached hydrogens (tertiary/aromatic N) is 4. The van der Waals surface area contributed by atoms with E-state index >= 15 is 0 Å². The van der Waals surface area contributed by atoms with Crippen LogP contribution in [0.1, 0.15) is 19.9 Å². The lowest BCUT2D eigenvalue weighted by Gasteiger charge is -2.21. The van der Waals surface area contributed by atoms with Crippen LogP contribution < -0.4 is 5.73 Å². The van der Waals surface area contributed by atoms with Crippen LogP contribution in [-0.2, 0) is 4.74 Å². The number of hydrogen-bond donors (Lipinski definition) is 1. The SMILES string of the molecule is COCC(C(C)C)n1nnnc1-c1cc(N)ccc1Br. The number of nitrogens with two attached hydrogens (primary N) is 1. The maximum absolute atomic E-state index is 5.85. The molecule has 2 N–H and O–H groups in total. The highest BCUT2D eigenvalue weighted by atomic mass is 79.9. The molecule has 0 saturated heterocycles. The number of nitrogen functional groups attached to an aromatic ring is 1. The van der Waals surface area contributed by atoms with Crippen molar-refractivity contribution in [3.8, 4) is 11.4 Å².